The molecule has 0 amide bonds. The molecule has 2 atom stereocenters. The summed E-state index contributed by atoms with van der Waals surface area (Å²) < 4.78 is 15.9. The Morgan fingerprint density at radius 1 is 1.41 bits per heavy atom. The molecular weight excluding hydrogens is 220 g/mol. The number of benzene rings is 1. The Kier molecular flexibility index (Phi) is 4.12. The van der Waals surface area contributed by atoms with Crippen LogP contribution in [0.15, 0.2) is 30.3 Å². The van der Waals surface area contributed by atoms with Gasteiger partial charge in [-0.1, -0.05) is 30.3 Å². The first kappa shape index (κ1) is 12.1. The van der Waals surface area contributed by atoms with Crippen molar-refractivity contribution in [3.05, 3.63) is 35.9 Å². The normalized spacial score (nSPS) is 23.6. The van der Waals surface area contributed by atoms with Crippen molar-refractivity contribution >= 4 is 5.97 Å². The third-order valence-electron chi connectivity index (χ3n) is 2.55. The van der Waals surface area contributed by atoms with E-state index in [1.54, 1.807) is 0 Å². The van der Waals surface area contributed by atoms with Crippen molar-refractivity contribution in [2.75, 3.05) is 6.61 Å². The zero-order valence-corrected chi connectivity index (χ0v) is 9.80. The van der Waals surface area contributed by atoms with Gasteiger partial charge in [-0.05, 0) is 5.56 Å². The Balaban J connectivity index is 1.73. The van der Waals surface area contributed by atoms with Crippen LogP contribution in [0.2, 0.25) is 0 Å². The van der Waals surface area contributed by atoms with Crippen LogP contribution >= 0.6 is 0 Å². The molecule has 0 radical (unpaired) electrons. The molecule has 0 N–H and O–H groups in total. The van der Waals surface area contributed by atoms with E-state index in [4.69, 9.17) is 14.2 Å². The van der Waals surface area contributed by atoms with Crippen LogP contribution in [0, 0.1) is 0 Å². The lowest BCUT2D eigenvalue weighted by Crippen LogP contribution is -2.16. The highest BCUT2D eigenvalue weighted by Crippen LogP contribution is 2.18. The molecule has 1 aromatic rings. The van der Waals surface area contributed by atoms with Gasteiger partial charge in [0.25, 0.3) is 0 Å². The first-order valence-corrected chi connectivity index (χ1v) is 5.68. The van der Waals surface area contributed by atoms with E-state index < -0.39 is 6.29 Å². The summed E-state index contributed by atoms with van der Waals surface area (Å²) in [5, 5.41) is 0. The van der Waals surface area contributed by atoms with E-state index in [2.05, 4.69) is 0 Å². The molecule has 1 aliphatic heterocycles. The van der Waals surface area contributed by atoms with Crippen LogP contribution < -0.4 is 0 Å². The van der Waals surface area contributed by atoms with Gasteiger partial charge in [0.2, 0.25) is 6.29 Å². The van der Waals surface area contributed by atoms with Gasteiger partial charge in [0, 0.05) is 13.3 Å². The van der Waals surface area contributed by atoms with E-state index in [-0.39, 0.29) is 12.1 Å². The van der Waals surface area contributed by atoms with Crippen LogP contribution in [-0.4, -0.2) is 25.0 Å². The summed E-state index contributed by atoms with van der Waals surface area (Å²) in [6.45, 7) is 2.41. The highest BCUT2D eigenvalue weighted by atomic mass is 16.7. The standard InChI is InChI=1S/C13H16O4/c1-10(14)17-13-7-12(9-16-13)15-8-11-5-3-2-4-6-11/h2-6,12-13H,7-9H2,1H3/t12-,13+/m1/s1. The van der Waals surface area contributed by atoms with Crippen molar-refractivity contribution in [1.82, 2.24) is 0 Å². The zero-order valence-electron chi connectivity index (χ0n) is 9.80. The molecule has 0 aliphatic carbocycles. The van der Waals surface area contributed by atoms with Crippen LogP contribution in [0.5, 0.6) is 0 Å². The lowest BCUT2D eigenvalue weighted by atomic mass is 10.2. The molecule has 1 aliphatic rings. The number of hydrogen-bond donors (Lipinski definition) is 0. The summed E-state index contributed by atoms with van der Waals surface area (Å²) in [5.41, 5.74) is 1.13. The Morgan fingerprint density at radius 3 is 2.88 bits per heavy atom. The molecule has 0 aromatic heterocycles. The van der Waals surface area contributed by atoms with Gasteiger partial charge >= 0.3 is 5.97 Å². The molecule has 0 saturated carbocycles. The summed E-state index contributed by atoms with van der Waals surface area (Å²) in [6, 6.07) is 9.95. The summed E-state index contributed by atoms with van der Waals surface area (Å²) in [7, 11) is 0. The Morgan fingerprint density at radius 2 is 2.18 bits per heavy atom. The molecule has 0 unspecified atom stereocenters. The van der Waals surface area contributed by atoms with E-state index in [9.17, 15) is 4.79 Å². The number of esters is 1. The molecule has 4 heteroatoms. The van der Waals surface area contributed by atoms with Crippen molar-refractivity contribution < 1.29 is 19.0 Å². The quantitative estimate of drug-likeness (QED) is 0.749. The zero-order chi connectivity index (χ0) is 12.1. The topological polar surface area (TPSA) is 44.8 Å². The SMILES string of the molecule is CC(=O)O[C@H]1C[C@@H](OCc2ccccc2)CO1. The van der Waals surface area contributed by atoms with Gasteiger partial charge in [-0.2, -0.15) is 0 Å². The first-order valence-electron chi connectivity index (χ1n) is 5.68. The Bertz CT molecular complexity index is 363. The molecule has 1 saturated heterocycles. The molecule has 0 spiro atoms. The fourth-order valence-corrected chi connectivity index (χ4v) is 1.74. The molecule has 1 heterocycles. The second kappa shape index (κ2) is 5.80. The second-order valence-electron chi connectivity index (χ2n) is 4.03. The van der Waals surface area contributed by atoms with Crippen LogP contribution in [0.4, 0.5) is 0 Å². The highest BCUT2D eigenvalue weighted by molar-refractivity contribution is 5.66. The fourth-order valence-electron chi connectivity index (χ4n) is 1.74. The minimum atomic E-state index is -0.451. The summed E-state index contributed by atoms with van der Waals surface area (Å²) >= 11 is 0. The third kappa shape index (κ3) is 3.84. The van der Waals surface area contributed by atoms with Crippen molar-refractivity contribution in [3.63, 3.8) is 0 Å². The molecule has 17 heavy (non-hydrogen) atoms. The van der Waals surface area contributed by atoms with E-state index in [0.717, 1.165) is 5.56 Å². The minimum Gasteiger partial charge on any atom is -0.436 e. The second-order valence-corrected chi connectivity index (χ2v) is 4.03. The van der Waals surface area contributed by atoms with E-state index in [1.807, 2.05) is 30.3 Å². The number of carbonyl (C=O) groups excluding carboxylic acids is 1. The van der Waals surface area contributed by atoms with E-state index >= 15 is 0 Å². The summed E-state index contributed by atoms with van der Waals surface area (Å²) in [5.74, 6) is -0.321. The maximum Gasteiger partial charge on any atom is 0.304 e. The van der Waals surface area contributed by atoms with Crippen LogP contribution in [-0.2, 0) is 25.6 Å². The lowest BCUT2D eigenvalue weighted by molar-refractivity contribution is -0.166. The summed E-state index contributed by atoms with van der Waals surface area (Å²) in [4.78, 5) is 10.7. The van der Waals surface area contributed by atoms with E-state index in [0.29, 0.717) is 19.6 Å². The number of ether oxygens (including phenoxy) is 3. The average Bonchev–Trinajstić information content (AvgIpc) is 2.75. The van der Waals surface area contributed by atoms with Crippen molar-refractivity contribution in [2.45, 2.75) is 32.3 Å². The Labute approximate surface area is 100 Å². The maximum absolute atomic E-state index is 10.7. The van der Waals surface area contributed by atoms with Gasteiger partial charge in [-0.15, -0.1) is 0 Å². The van der Waals surface area contributed by atoms with Crippen molar-refractivity contribution in [1.29, 1.82) is 0 Å². The van der Waals surface area contributed by atoms with Gasteiger partial charge in [-0.3, -0.25) is 4.79 Å². The smallest absolute Gasteiger partial charge is 0.304 e. The number of hydrogen-bond acceptors (Lipinski definition) is 4. The van der Waals surface area contributed by atoms with Crippen LogP contribution in [0.3, 0.4) is 0 Å². The predicted molar refractivity (Wildman–Crippen MR) is 61.1 cm³/mol. The van der Waals surface area contributed by atoms with Crippen LogP contribution in [0.25, 0.3) is 0 Å². The van der Waals surface area contributed by atoms with Crippen molar-refractivity contribution in [2.24, 2.45) is 0 Å². The third-order valence-corrected chi connectivity index (χ3v) is 2.55. The summed E-state index contributed by atoms with van der Waals surface area (Å²) in [6.07, 6.45) is 0.153. The number of carbonyl (C=O) groups is 1. The molecule has 1 fully saturated rings. The minimum absolute atomic E-state index is 0.000411. The van der Waals surface area contributed by atoms with Gasteiger partial charge in [0.05, 0.1) is 19.3 Å². The van der Waals surface area contributed by atoms with Crippen molar-refractivity contribution in [3.8, 4) is 0 Å². The first-order chi connectivity index (χ1) is 8.24. The molecular formula is C13H16O4. The average molecular weight is 236 g/mol. The Hall–Kier alpha value is -1.39. The molecule has 1 aromatic carbocycles. The number of rotatable bonds is 4. The molecule has 2 rings (SSSR count). The van der Waals surface area contributed by atoms with E-state index in [1.165, 1.54) is 6.92 Å². The van der Waals surface area contributed by atoms with Gasteiger partial charge < -0.3 is 14.2 Å². The van der Waals surface area contributed by atoms with Crippen LogP contribution in [0.1, 0.15) is 18.9 Å². The maximum atomic E-state index is 10.7. The molecule has 0 bridgehead atoms. The lowest BCUT2D eigenvalue weighted by Gasteiger charge is -2.10. The predicted octanol–water partition coefficient (Wildman–Crippen LogP) is 1.88. The monoisotopic (exact) mass is 236 g/mol. The van der Waals surface area contributed by atoms with Gasteiger partial charge in [0.15, 0.2) is 0 Å². The largest absolute Gasteiger partial charge is 0.436 e. The molecule has 92 valence electrons. The molecule has 4 nitrogen and oxygen atoms in total. The van der Waals surface area contributed by atoms with Gasteiger partial charge in [-0.25, -0.2) is 0 Å². The fraction of sp³-hybridized carbons (Fsp3) is 0.462. The highest BCUT2D eigenvalue weighted by Gasteiger charge is 2.28. The van der Waals surface area contributed by atoms with Gasteiger partial charge in [0.1, 0.15) is 0 Å².